The third-order valence-electron chi connectivity index (χ3n) is 5.53. The molecule has 2 rings (SSSR count). The van der Waals surface area contributed by atoms with Crippen LogP contribution in [0.25, 0.3) is 0 Å². The molecule has 0 fully saturated rings. The van der Waals surface area contributed by atoms with Gasteiger partial charge in [0, 0.05) is 25.0 Å². The van der Waals surface area contributed by atoms with E-state index in [0.29, 0.717) is 11.5 Å². The summed E-state index contributed by atoms with van der Waals surface area (Å²) in [6.07, 6.45) is 0. The molecule has 0 spiro atoms. The lowest BCUT2D eigenvalue weighted by molar-refractivity contribution is -0.124. The number of hydrogen-bond donors (Lipinski definition) is 4. The van der Waals surface area contributed by atoms with Crippen LogP contribution in [0.1, 0.15) is 36.8 Å². The summed E-state index contributed by atoms with van der Waals surface area (Å²) in [5.74, 6) is -0.707. The molecule has 4 atom stereocenters. The number of hydrogen-bond acceptors (Lipinski definition) is 7. The molecule has 0 amide bonds. The molecule has 0 saturated carbocycles. The van der Waals surface area contributed by atoms with E-state index in [-0.39, 0.29) is 57.3 Å². The highest BCUT2D eigenvalue weighted by Gasteiger charge is 2.35. The van der Waals surface area contributed by atoms with Crippen molar-refractivity contribution >= 4 is 5.78 Å². The molecule has 0 heterocycles. The fourth-order valence-corrected chi connectivity index (χ4v) is 3.82. The van der Waals surface area contributed by atoms with Gasteiger partial charge in [-0.25, -0.2) is 0 Å². The van der Waals surface area contributed by atoms with E-state index in [0.717, 1.165) is 11.1 Å². The smallest absolute Gasteiger partial charge is 0.148 e. The topological polar surface area (TPSA) is 116 Å². The highest BCUT2D eigenvalue weighted by atomic mass is 16.5. The molecule has 32 heavy (non-hydrogen) atoms. The lowest BCUT2D eigenvalue weighted by Crippen LogP contribution is -2.31. The first-order valence-corrected chi connectivity index (χ1v) is 10.9. The van der Waals surface area contributed by atoms with E-state index >= 15 is 0 Å². The van der Waals surface area contributed by atoms with Crippen LogP contribution in [0, 0.1) is 11.8 Å². The predicted molar refractivity (Wildman–Crippen MR) is 121 cm³/mol. The minimum absolute atomic E-state index is 0.0823. The highest BCUT2D eigenvalue weighted by molar-refractivity contribution is 5.92. The van der Waals surface area contributed by atoms with Crippen molar-refractivity contribution in [2.45, 2.75) is 25.7 Å². The summed E-state index contributed by atoms with van der Waals surface area (Å²) in [5.41, 5.74) is 1.51. The van der Waals surface area contributed by atoms with Crippen LogP contribution in [0.2, 0.25) is 0 Å². The van der Waals surface area contributed by atoms with Crippen LogP contribution in [0.4, 0.5) is 0 Å². The summed E-state index contributed by atoms with van der Waals surface area (Å²) < 4.78 is 10.8. The van der Waals surface area contributed by atoms with E-state index < -0.39 is 11.8 Å². The summed E-state index contributed by atoms with van der Waals surface area (Å²) in [6, 6.07) is 14.2. The summed E-state index contributed by atoms with van der Waals surface area (Å²) in [4.78, 5) is 13.8. The molecule has 0 aliphatic heterocycles. The number of carbonyl (C=O) groups is 1. The van der Waals surface area contributed by atoms with Gasteiger partial charge in [-0.3, -0.25) is 4.79 Å². The number of aliphatic hydroxyl groups excluding tert-OH is 4. The molecule has 2 aromatic carbocycles. The van der Waals surface area contributed by atoms with Crippen molar-refractivity contribution in [3.63, 3.8) is 0 Å². The number of ether oxygens (including phenoxy) is 2. The van der Waals surface area contributed by atoms with Gasteiger partial charge >= 0.3 is 0 Å². The van der Waals surface area contributed by atoms with Crippen molar-refractivity contribution in [3.05, 3.63) is 59.7 Å². The summed E-state index contributed by atoms with van der Waals surface area (Å²) in [5, 5.41) is 37.6. The zero-order chi connectivity index (χ0) is 23.5. The van der Waals surface area contributed by atoms with Crippen LogP contribution in [-0.4, -0.2) is 65.9 Å². The molecule has 4 unspecified atom stereocenters. The Bertz CT molecular complexity index is 737. The SMILES string of the molecule is CC(CO)C(C(=O)C(c1ccc(OCCO)cc1)C(C)CO)c1ccc(OCCO)cc1. The predicted octanol–water partition coefficient (Wildman–Crippen LogP) is 2.12. The lowest BCUT2D eigenvalue weighted by atomic mass is 9.73. The molecule has 0 saturated heterocycles. The Balaban J connectivity index is 2.36. The van der Waals surface area contributed by atoms with Crippen LogP contribution in [0.5, 0.6) is 11.5 Å². The van der Waals surface area contributed by atoms with Gasteiger partial charge in [-0.2, -0.15) is 0 Å². The average molecular weight is 447 g/mol. The Kier molecular flexibility index (Phi) is 10.6. The van der Waals surface area contributed by atoms with E-state index in [1.54, 1.807) is 48.5 Å². The first-order chi connectivity index (χ1) is 15.5. The molecule has 7 nitrogen and oxygen atoms in total. The molecule has 0 aromatic heterocycles. The van der Waals surface area contributed by atoms with Crippen molar-refractivity contribution < 1.29 is 34.7 Å². The van der Waals surface area contributed by atoms with Gasteiger partial charge in [0.1, 0.15) is 30.5 Å². The second-order valence-corrected chi connectivity index (χ2v) is 7.96. The maximum atomic E-state index is 13.8. The molecule has 0 radical (unpaired) electrons. The second-order valence-electron chi connectivity index (χ2n) is 7.96. The van der Waals surface area contributed by atoms with E-state index in [4.69, 9.17) is 19.7 Å². The molecular weight excluding hydrogens is 412 g/mol. The Morgan fingerprint density at radius 3 is 1.31 bits per heavy atom. The van der Waals surface area contributed by atoms with Crippen molar-refractivity contribution in [1.82, 2.24) is 0 Å². The van der Waals surface area contributed by atoms with Crippen molar-refractivity contribution in [1.29, 1.82) is 0 Å². The monoisotopic (exact) mass is 446 g/mol. The first kappa shape index (κ1) is 25.8. The van der Waals surface area contributed by atoms with Gasteiger partial charge in [-0.1, -0.05) is 38.1 Å². The van der Waals surface area contributed by atoms with Gasteiger partial charge < -0.3 is 29.9 Å². The van der Waals surface area contributed by atoms with E-state index in [9.17, 15) is 15.0 Å². The summed E-state index contributed by atoms with van der Waals surface area (Å²) in [7, 11) is 0. The van der Waals surface area contributed by atoms with Crippen LogP contribution in [0.15, 0.2) is 48.5 Å². The largest absolute Gasteiger partial charge is 0.491 e. The number of benzene rings is 2. The zero-order valence-corrected chi connectivity index (χ0v) is 18.7. The maximum absolute atomic E-state index is 13.8. The molecule has 2 aromatic rings. The normalized spacial score (nSPS) is 14.9. The van der Waals surface area contributed by atoms with Gasteiger partial charge in [-0.15, -0.1) is 0 Å². The van der Waals surface area contributed by atoms with Gasteiger partial charge in [0.05, 0.1) is 13.2 Å². The van der Waals surface area contributed by atoms with Gasteiger partial charge in [-0.05, 0) is 47.2 Å². The summed E-state index contributed by atoms with van der Waals surface area (Å²) in [6.45, 7) is 3.52. The number of ketones is 1. The third-order valence-corrected chi connectivity index (χ3v) is 5.53. The first-order valence-electron chi connectivity index (χ1n) is 10.9. The fraction of sp³-hybridized carbons (Fsp3) is 0.480. The quantitative estimate of drug-likeness (QED) is 0.351. The molecule has 0 bridgehead atoms. The number of rotatable bonds is 14. The van der Waals surface area contributed by atoms with Crippen LogP contribution in [-0.2, 0) is 4.79 Å². The van der Waals surface area contributed by atoms with Gasteiger partial charge in [0.15, 0.2) is 0 Å². The van der Waals surface area contributed by atoms with Crippen molar-refractivity contribution in [2.24, 2.45) is 11.8 Å². The third kappa shape index (κ3) is 6.77. The molecule has 0 aliphatic rings. The van der Waals surface area contributed by atoms with Crippen LogP contribution >= 0.6 is 0 Å². The number of Topliss-reactive ketones (excluding diaryl/α,β-unsaturated/α-hetero) is 1. The van der Waals surface area contributed by atoms with Crippen LogP contribution < -0.4 is 9.47 Å². The summed E-state index contributed by atoms with van der Waals surface area (Å²) >= 11 is 0. The minimum Gasteiger partial charge on any atom is -0.491 e. The average Bonchev–Trinajstić information content (AvgIpc) is 2.83. The Labute approximate surface area is 189 Å². The van der Waals surface area contributed by atoms with Crippen molar-refractivity contribution in [2.75, 3.05) is 39.6 Å². The zero-order valence-electron chi connectivity index (χ0n) is 18.7. The van der Waals surface area contributed by atoms with Crippen molar-refractivity contribution in [3.8, 4) is 11.5 Å². The highest BCUT2D eigenvalue weighted by Crippen LogP contribution is 2.37. The number of carbonyl (C=O) groups excluding carboxylic acids is 1. The molecular formula is C25H34O7. The van der Waals surface area contributed by atoms with Gasteiger partial charge in [0.2, 0.25) is 0 Å². The molecule has 7 heteroatoms. The van der Waals surface area contributed by atoms with E-state index in [1.165, 1.54) is 0 Å². The van der Waals surface area contributed by atoms with Gasteiger partial charge in [0.25, 0.3) is 0 Å². The molecule has 0 aliphatic carbocycles. The fourth-order valence-electron chi connectivity index (χ4n) is 3.82. The minimum atomic E-state index is -0.573. The Morgan fingerprint density at radius 2 is 1.03 bits per heavy atom. The second kappa shape index (κ2) is 13.2. The number of aliphatic hydroxyl groups is 4. The maximum Gasteiger partial charge on any atom is 0.148 e. The Hall–Kier alpha value is -2.45. The molecule has 4 N–H and O–H groups in total. The standard InChI is InChI=1S/C25H34O7/c1-17(15-28)23(19-3-7-21(8-4-19)31-13-11-26)25(30)24(18(2)16-29)20-5-9-22(10-6-20)32-14-12-27/h3-10,17-18,23-24,26-29H,11-16H2,1-2H3. The van der Waals surface area contributed by atoms with E-state index in [2.05, 4.69) is 0 Å². The van der Waals surface area contributed by atoms with E-state index in [1.807, 2.05) is 13.8 Å². The van der Waals surface area contributed by atoms with Crippen LogP contribution in [0.3, 0.4) is 0 Å². The lowest BCUT2D eigenvalue weighted by Gasteiger charge is -2.30. The Morgan fingerprint density at radius 1 is 0.688 bits per heavy atom. The molecule has 176 valence electrons.